The lowest BCUT2D eigenvalue weighted by molar-refractivity contribution is 0.215. The van der Waals surface area contributed by atoms with Gasteiger partial charge in [0.1, 0.15) is 5.76 Å². The first kappa shape index (κ1) is 21.1. The van der Waals surface area contributed by atoms with Crippen molar-refractivity contribution in [2.75, 3.05) is 73.0 Å². The molecule has 2 saturated heterocycles. The molecule has 2 fully saturated rings. The largest absolute Gasteiger partial charge is 0.468 e. The van der Waals surface area contributed by atoms with Gasteiger partial charge < -0.3 is 24.9 Å². The molecule has 3 heterocycles. The van der Waals surface area contributed by atoms with Crippen molar-refractivity contribution in [2.24, 2.45) is 4.99 Å². The van der Waals surface area contributed by atoms with Gasteiger partial charge in [0, 0.05) is 33.2 Å². The van der Waals surface area contributed by atoms with Crippen LogP contribution in [0.25, 0.3) is 0 Å². The minimum absolute atomic E-state index is 0.269. The van der Waals surface area contributed by atoms with Gasteiger partial charge in [-0.05, 0) is 77.6 Å². The van der Waals surface area contributed by atoms with Gasteiger partial charge in [-0.15, -0.1) is 0 Å². The van der Waals surface area contributed by atoms with Crippen LogP contribution in [-0.4, -0.2) is 93.7 Å². The second-order valence-electron chi connectivity index (χ2n) is 8.01. The van der Waals surface area contributed by atoms with Crippen LogP contribution < -0.4 is 10.6 Å². The zero-order chi connectivity index (χ0) is 19.6. The number of rotatable bonds is 8. The zero-order valence-corrected chi connectivity index (χ0v) is 17.7. The standard InChI is InChI=1S/C21H38N6O/c1-22-21(23-9-6-11-26-12-7-10-25(2)15-16-26)24-18-19(20-8-5-17-28-20)27-13-3-4-14-27/h5,8,17,19H,3-4,6-7,9-16,18H2,1-2H3,(H2,22,23,24). The molecule has 1 atom stereocenters. The summed E-state index contributed by atoms with van der Waals surface area (Å²) < 4.78 is 5.71. The van der Waals surface area contributed by atoms with E-state index in [9.17, 15) is 0 Å². The minimum atomic E-state index is 0.269. The average molecular weight is 391 g/mol. The van der Waals surface area contributed by atoms with Gasteiger partial charge in [0.15, 0.2) is 5.96 Å². The Morgan fingerprint density at radius 1 is 1.11 bits per heavy atom. The Bertz CT molecular complexity index is 569. The number of aliphatic imine (C=N–C) groups is 1. The maximum Gasteiger partial charge on any atom is 0.191 e. The molecule has 0 spiro atoms. The van der Waals surface area contributed by atoms with Crippen LogP contribution in [0.1, 0.15) is 37.5 Å². The molecule has 1 aromatic heterocycles. The van der Waals surface area contributed by atoms with E-state index in [1.807, 2.05) is 13.1 Å². The fourth-order valence-electron chi connectivity index (χ4n) is 4.19. The Hall–Kier alpha value is -1.57. The molecule has 0 amide bonds. The molecule has 0 bridgehead atoms. The summed E-state index contributed by atoms with van der Waals surface area (Å²) in [5, 5.41) is 6.98. The predicted molar refractivity (Wildman–Crippen MR) is 115 cm³/mol. The summed E-state index contributed by atoms with van der Waals surface area (Å²) in [6.45, 7) is 10.0. The minimum Gasteiger partial charge on any atom is -0.468 e. The lowest BCUT2D eigenvalue weighted by Crippen LogP contribution is -2.43. The number of nitrogens with one attached hydrogen (secondary N) is 2. The smallest absolute Gasteiger partial charge is 0.191 e. The molecule has 7 nitrogen and oxygen atoms in total. The third kappa shape index (κ3) is 6.50. The summed E-state index contributed by atoms with van der Waals surface area (Å²) in [7, 11) is 4.07. The number of hydrogen-bond donors (Lipinski definition) is 2. The molecule has 3 rings (SSSR count). The zero-order valence-electron chi connectivity index (χ0n) is 17.7. The summed E-state index contributed by atoms with van der Waals surface area (Å²) in [5.74, 6) is 1.92. The van der Waals surface area contributed by atoms with Crippen LogP contribution in [0.2, 0.25) is 0 Å². The van der Waals surface area contributed by atoms with Crippen LogP contribution in [0.4, 0.5) is 0 Å². The summed E-state index contributed by atoms with van der Waals surface area (Å²) in [6.07, 6.45) is 6.73. The SMILES string of the molecule is CN=C(NCCCN1CCCN(C)CC1)NCC(c1ccco1)N1CCCC1. The number of guanidine groups is 1. The Balaban J connectivity index is 1.38. The molecule has 2 N–H and O–H groups in total. The van der Waals surface area contributed by atoms with E-state index >= 15 is 0 Å². The molecule has 1 unspecified atom stereocenters. The number of furan rings is 1. The highest BCUT2D eigenvalue weighted by Gasteiger charge is 2.25. The number of likely N-dealkylation sites (tertiary alicyclic amines) is 1. The van der Waals surface area contributed by atoms with Gasteiger partial charge in [-0.2, -0.15) is 0 Å². The Kier molecular flexibility index (Phi) is 8.64. The molecular formula is C21H38N6O. The molecular weight excluding hydrogens is 352 g/mol. The van der Waals surface area contributed by atoms with Gasteiger partial charge in [-0.1, -0.05) is 0 Å². The normalized spacial score (nSPS) is 21.6. The first-order chi connectivity index (χ1) is 13.8. The van der Waals surface area contributed by atoms with E-state index in [1.54, 1.807) is 6.26 Å². The number of hydrogen-bond acceptors (Lipinski definition) is 5. The van der Waals surface area contributed by atoms with Crippen molar-refractivity contribution in [1.82, 2.24) is 25.3 Å². The van der Waals surface area contributed by atoms with Crippen molar-refractivity contribution in [3.8, 4) is 0 Å². The van der Waals surface area contributed by atoms with Crippen molar-refractivity contribution in [1.29, 1.82) is 0 Å². The van der Waals surface area contributed by atoms with Crippen LogP contribution in [0, 0.1) is 0 Å². The molecule has 0 aromatic carbocycles. The van der Waals surface area contributed by atoms with Crippen LogP contribution in [0.3, 0.4) is 0 Å². The third-order valence-corrected chi connectivity index (χ3v) is 5.90. The van der Waals surface area contributed by atoms with Crippen LogP contribution >= 0.6 is 0 Å². The highest BCUT2D eigenvalue weighted by molar-refractivity contribution is 5.79. The Morgan fingerprint density at radius 3 is 2.71 bits per heavy atom. The van der Waals surface area contributed by atoms with Crippen molar-refractivity contribution >= 4 is 5.96 Å². The third-order valence-electron chi connectivity index (χ3n) is 5.90. The van der Waals surface area contributed by atoms with Gasteiger partial charge in [0.2, 0.25) is 0 Å². The Labute approximate surface area is 170 Å². The van der Waals surface area contributed by atoms with E-state index in [4.69, 9.17) is 4.42 Å². The summed E-state index contributed by atoms with van der Waals surface area (Å²) in [5.41, 5.74) is 0. The number of likely N-dealkylation sites (N-methyl/N-ethyl adjacent to an activating group) is 1. The maximum atomic E-state index is 5.71. The summed E-state index contributed by atoms with van der Waals surface area (Å²) in [4.78, 5) is 11.9. The van der Waals surface area contributed by atoms with Gasteiger partial charge in [-0.25, -0.2) is 0 Å². The van der Waals surface area contributed by atoms with Crippen LogP contribution in [0.5, 0.6) is 0 Å². The second kappa shape index (κ2) is 11.4. The van der Waals surface area contributed by atoms with Crippen molar-refractivity contribution in [3.63, 3.8) is 0 Å². The number of nitrogens with zero attached hydrogens (tertiary/aromatic N) is 4. The van der Waals surface area contributed by atoms with E-state index < -0.39 is 0 Å². The van der Waals surface area contributed by atoms with E-state index in [-0.39, 0.29) is 6.04 Å². The van der Waals surface area contributed by atoms with Gasteiger partial charge >= 0.3 is 0 Å². The van der Waals surface area contributed by atoms with Crippen LogP contribution in [0.15, 0.2) is 27.8 Å². The van der Waals surface area contributed by atoms with Crippen molar-refractivity contribution < 1.29 is 4.42 Å². The highest BCUT2D eigenvalue weighted by atomic mass is 16.3. The molecule has 0 saturated carbocycles. The molecule has 2 aliphatic heterocycles. The Morgan fingerprint density at radius 2 is 1.96 bits per heavy atom. The predicted octanol–water partition coefficient (Wildman–Crippen LogP) is 1.61. The molecule has 158 valence electrons. The molecule has 1 aromatic rings. The first-order valence-electron chi connectivity index (χ1n) is 10.9. The summed E-state index contributed by atoms with van der Waals surface area (Å²) in [6, 6.07) is 4.33. The van der Waals surface area contributed by atoms with Crippen LogP contribution in [-0.2, 0) is 0 Å². The van der Waals surface area contributed by atoms with Gasteiger partial charge in [0.25, 0.3) is 0 Å². The molecule has 7 heteroatoms. The second-order valence-corrected chi connectivity index (χ2v) is 8.01. The molecule has 0 aliphatic carbocycles. The summed E-state index contributed by atoms with van der Waals surface area (Å²) >= 11 is 0. The van der Waals surface area contributed by atoms with Gasteiger partial charge in [-0.3, -0.25) is 9.89 Å². The molecule has 28 heavy (non-hydrogen) atoms. The van der Waals surface area contributed by atoms with Crippen molar-refractivity contribution in [3.05, 3.63) is 24.2 Å². The topological polar surface area (TPSA) is 59.3 Å². The van der Waals surface area contributed by atoms with E-state index in [1.165, 1.54) is 45.4 Å². The molecule has 0 radical (unpaired) electrons. The van der Waals surface area contributed by atoms with Crippen molar-refractivity contribution in [2.45, 2.75) is 31.7 Å². The lowest BCUT2D eigenvalue weighted by Gasteiger charge is -2.27. The fraction of sp³-hybridized carbons (Fsp3) is 0.762. The fourth-order valence-corrected chi connectivity index (χ4v) is 4.19. The molecule has 2 aliphatic rings. The maximum absolute atomic E-state index is 5.71. The monoisotopic (exact) mass is 390 g/mol. The van der Waals surface area contributed by atoms with E-state index in [0.717, 1.165) is 50.9 Å². The van der Waals surface area contributed by atoms with Gasteiger partial charge in [0.05, 0.1) is 12.3 Å². The first-order valence-corrected chi connectivity index (χ1v) is 10.9. The lowest BCUT2D eigenvalue weighted by atomic mass is 10.2. The quantitative estimate of drug-likeness (QED) is 0.400. The highest BCUT2D eigenvalue weighted by Crippen LogP contribution is 2.24. The van der Waals surface area contributed by atoms with E-state index in [2.05, 4.69) is 43.4 Å². The van der Waals surface area contributed by atoms with E-state index in [0.29, 0.717) is 0 Å². The average Bonchev–Trinajstić information content (AvgIpc) is 3.38.